The van der Waals surface area contributed by atoms with Gasteiger partial charge in [-0.25, -0.2) is 0 Å². The largest absolute Gasteiger partial charge is 0.327 e. The summed E-state index contributed by atoms with van der Waals surface area (Å²) in [5, 5.41) is 0. The van der Waals surface area contributed by atoms with Gasteiger partial charge in [-0.3, -0.25) is 0 Å². The third-order valence-electron chi connectivity index (χ3n) is 4.65. The van der Waals surface area contributed by atoms with Crippen LogP contribution in [0.2, 0.25) is 0 Å². The van der Waals surface area contributed by atoms with Crippen LogP contribution in [0.5, 0.6) is 0 Å². The Morgan fingerprint density at radius 3 is 2.89 bits per heavy atom. The molecule has 0 saturated carbocycles. The highest BCUT2D eigenvalue weighted by atomic mass is 15.1. The average Bonchev–Trinajstić information content (AvgIpc) is 2.76. The van der Waals surface area contributed by atoms with Crippen LogP contribution in [0.1, 0.15) is 41.9 Å². The van der Waals surface area contributed by atoms with Gasteiger partial charge in [0.25, 0.3) is 0 Å². The van der Waals surface area contributed by atoms with Gasteiger partial charge in [0.1, 0.15) is 0 Å². The van der Waals surface area contributed by atoms with Gasteiger partial charge in [0.2, 0.25) is 0 Å². The van der Waals surface area contributed by atoms with Gasteiger partial charge in [-0.2, -0.15) is 0 Å². The van der Waals surface area contributed by atoms with Gasteiger partial charge in [0.15, 0.2) is 0 Å². The number of benzene rings is 1. The zero-order valence-corrected chi connectivity index (χ0v) is 11.4. The van der Waals surface area contributed by atoms with Crippen LogP contribution in [-0.4, -0.2) is 31.1 Å². The van der Waals surface area contributed by atoms with Crippen molar-refractivity contribution in [1.29, 1.82) is 0 Å². The fourth-order valence-corrected chi connectivity index (χ4v) is 3.54. The van der Waals surface area contributed by atoms with Gasteiger partial charge in [-0.15, -0.1) is 0 Å². The predicted octanol–water partition coefficient (Wildman–Crippen LogP) is 2.31. The molecular formula is C16H24N2. The van der Waals surface area contributed by atoms with E-state index in [1.54, 1.807) is 11.1 Å². The summed E-state index contributed by atoms with van der Waals surface area (Å²) in [5.41, 5.74) is 11.0. The number of nitrogens with two attached hydrogens (primary N) is 1. The highest BCUT2D eigenvalue weighted by Gasteiger charge is 2.25. The van der Waals surface area contributed by atoms with Crippen LogP contribution in [-0.2, 0) is 12.8 Å². The molecule has 0 bridgehead atoms. The van der Waals surface area contributed by atoms with Crippen LogP contribution in [0.15, 0.2) is 18.2 Å². The molecule has 0 amide bonds. The summed E-state index contributed by atoms with van der Waals surface area (Å²) in [4.78, 5) is 2.44. The Balaban J connectivity index is 1.87. The standard InChI is InChI=1S/C16H24N2/c1-18-9-3-6-16(17)15(11-18)14-8-7-12-4-2-5-13(12)10-14/h7-8,10,15-16H,2-6,9,11,17H2,1H3. The molecule has 1 aliphatic heterocycles. The lowest BCUT2D eigenvalue weighted by Gasteiger charge is -2.25. The van der Waals surface area contributed by atoms with Gasteiger partial charge in [-0.05, 0) is 62.4 Å². The minimum absolute atomic E-state index is 0.328. The van der Waals surface area contributed by atoms with Crippen LogP contribution >= 0.6 is 0 Å². The zero-order chi connectivity index (χ0) is 12.5. The molecule has 18 heavy (non-hydrogen) atoms. The molecule has 1 aromatic carbocycles. The van der Waals surface area contributed by atoms with E-state index in [0.717, 1.165) is 13.0 Å². The van der Waals surface area contributed by atoms with Crippen LogP contribution in [0.3, 0.4) is 0 Å². The lowest BCUT2D eigenvalue weighted by atomic mass is 9.88. The monoisotopic (exact) mass is 244 g/mol. The molecule has 2 N–H and O–H groups in total. The van der Waals surface area contributed by atoms with E-state index in [0.29, 0.717) is 12.0 Å². The number of aryl methyl sites for hydroxylation is 2. The summed E-state index contributed by atoms with van der Waals surface area (Å²) in [6, 6.07) is 7.43. The van der Waals surface area contributed by atoms with E-state index >= 15 is 0 Å². The maximum Gasteiger partial charge on any atom is 0.0121 e. The molecule has 2 heteroatoms. The molecular weight excluding hydrogens is 220 g/mol. The number of nitrogens with zero attached hydrogens (tertiary/aromatic N) is 1. The summed E-state index contributed by atoms with van der Waals surface area (Å²) in [5.74, 6) is 0.517. The van der Waals surface area contributed by atoms with Gasteiger partial charge in [-0.1, -0.05) is 18.2 Å². The molecule has 1 aliphatic carbocycles. The minimum Gasteiger partial charge on any atom is -0.327 e. The first-order chi connectivity index (χ1) is 8.74. The Kier molecular flexibility index (Phi) is 3.40. The van der Waals surface area contributed by atoms with Crippen molar-refractivity contribution in [3.05, 3.63) is 34.9 Å². The van der Waals surface area contributed by atoms with Crippen molar-refractivity contribution in [2.45, 2.75) is 44.1 Å². The van der Waals surface area contributed by atoms with Gasteiger partial charge in [0.05, 0.1) is 0 Å². The molecule has 0 radical (unpaired) electrons. The Morgan fingerprint density at radius 2 is 2.00 bits per heavy atom. The highest BCUT2D eigenvalue weighted by molar-refractivity contribution is 5.37. The molecule has 98 valence electrons. The topological polar surface area (TPSA) is 29.3 Å². The lowest BCUT2D eigenvalue weighted by molar-refractivity contribution is 0.327. The number of fused-ring (bicyclic) bond motifs is 1. The van der Waals surface area contributed by atoms with Gasteiger partial charge >= 0.3 is 0 Å². The Bertz CT molecular complexity index is 427. The van der Waals surface area contributed by atoms with Crippen molar-refractivity contribution in [1.82, 2.24) is 4.90 Å². The molecule has 2 aliphatic rings. The van der Waals surface area contributed by atoms with E-state index in [1.807, 2.05) is 0 Å². The van der Waals surface area contributed by atoms with E-state index in [1.165, 1.54) is 37.8 Å². The molecule has 2 unspecified atom stereocenters. The SMILES string of the molecule is CN1CCCC(N)C(c2ccc3c(c2)CCC3)C1. The third-order valence-corrected chi connectivity index (χ3v) is 4.65. The van der Waals surface area contributed by atoms with Crippen molar-refractivity contribution in [3.8, 4) is 0 Å². The minimum atomic E-state index is 0.328. The first-order valence-corrected chi connectivity index (χ1v) is 7.30. The Hall–Kier alpha value is -0.860. The first-order valence-electron chi connectivity index (χ1n) is 7.30. The van der Waals surface area contributed by atoms with Crippen molar-refractivity contribution >= 4 is 0 Å². The normalized spacial score (nSPS) is 29.0. The maximum absolute atomic E-state index is 6.39. The molecule has 1 fully saturated rings. The fourth-order valence-electron chi connectivity index (χ4n) is 3.54. The van der Waals surface area contributed by atoms with E-state index in [9.17, 15) is 0 Å². The second-order valence-corrected chi connectivity index (χ2v) is 6.06. The van der Waals surface area contributed by atoms with Crippen molar-refractivity contribution < 1.29 is 0 Å². The van der Waals surface area contributed by atoms with Crippen molar-refractivity contribution in [3.63, 3.8) is 0 Å². The quantitative estimate of drug-likeness (QED) is 0.821. The van der Waals surface area contributed by atoms with E-state index < -0.39 is 0 Å². The smallest absolute Gasteiger partial charge is 0.0121 e. The Morgan fingerprint density at radius 1 is 1.17 bits per heavy atom. The molecule has 1 aromatic rings. The van der Waals surface area contributed by atoms with E-state index in [2.05, 4.69) is 30.1 Å². The first kappa shape index (κ1) is 12.2. The number of likely N-dealkylation sites (tertiary alicyclic amines) is 1. The van der Waals surface area contributed by atoms with Crippen molar-refractivity contribution in [2.24, 2.45) is 5.73 Å². The molecule has 3 rings (SSSR count). The lowest BCUT2D eigenvalue weighted by Crippen LogP contribution is -2.33. The second kappa shape index (κ2) is 5.02. The molecule has 1 heterocycles. The fraction of sp³-hybridized carbons (Fsp3) is 0.625. The van der Waals surface area contributed by atoms with E-state index in [4.69, 9.17) is 5.73 Å². The summed E-state index contributed by atoms with van der Waals surface area (Å²) >= 11 is 0. The second-order valence-electron chi connectivity index (χ2n) is 6.06. The van der Waals surface area contributed by atoms with Crippen LogP contribution in [0.4, 0.5) is 0 Å². The summed E-state index contributed by atoms with van der Waals surface area (Å²) < 4.78 is 0. The number of likely N-dealkylation sites (N-methyl/N-ethyl adjacent to an activating group) is 1. The Labute approximate surface area is 110 Å². The predicted molar refractivity (Wildman–Crippen MR) is 75.9 cm³/mol. The summed E-state index contributed by atoms with van der Waals surface area (Å²) in [7, 11) is 2.22. The summed E-state index contributed by atoms with van der Waals surface area (Å²) in [6.45, 7) is 2.30. The number of rotatable bonds is 1. The zero-order valence-electron chi connectivity index (χ0n) is 11.4. The number of hydrogen-bond acceptors (Lipinski definition) is 2. The van der Waals surface area contributed by atoms with Gasteiger partial charge in [0, 0.05) is 18.5 Å². The van der Waals surface area contributed by atoms with Crippen LogP contribution in [0, 0.1) is 0 Å². The third kappa shape index (κ3) is 2.32. The average molecular weight is 244 g/mol. The molecule has 1 saturated heterocycles. The maximum atomic E-state index is 6.39. The summed E-state index contributed by atoms with van der Waals surface area (Å²) in [6.07, 6.45) is 6.26. The molecule has 0 aromatic heterocycles. The number of hydrogen-bond donors (Lipinski definition) is 1. The molecule has 0 spiro atoms. The highest BCUT2D eigenvalue weighted by Crippen LogP contribution is 2.30. The van der Waals surface area contributed by atoms with Crippen LogP contribution in [0.25, 0.3) is 0 Å². The van der Waals surface area contributed by atoms with E-state index in [-0.39, 0.29) is 0 Å². The molecule has 2 nitrogen and oxygen atoms in total. The molecule has 2 atom stereocenters. The van der Waals surface area contributed by atoms with Gasteiger partial charge < -0.3 is 10.6 Å². The van der Waals surface area contributed by atoms with Crippen LogP contribution < -0.4 is 5.73 Å². The van der Waals surface area contributed by atoms with Crippen molar-refractivity contribution in [2.75, 3.05) is 20.1 Å².